The number of amides is 1. The van der Waals surface area contributed by atoms with E-state index in [0.717, 1.165) is 31.4 Å². The second-order valence-electron chi connectivity index (χ2n) is 7.85. The number of nitrogens with one attached hydrogen (secondary N) is 2. The Morgan fingerprint density at radius 3 is 2.58 bits per heavy atom. The molecule has 0 radical (unpaired) electrons. The number of ether oxygens (including phenoxy) is 2. The van der Waals surface area contributed by atoms with Crippen molar-refractivity contribution in [3.63, 3.8) is 0 Å². The van der Waals surface area contributed by atoms with Gasteiger partial charge in [0.25, 0.3) is 5.91 Å². The average Bonchev–Trinajstić information content (AvgIpc) is 3.33. The van der Waals surface area contributed by atoms with Crippen LogP contribution in [-0.2, 0) is 9.59 Å². The van der Waals surface area contributed by atoms with Crippen LogP contribution in [0.2, 0.25) is 0 Å². The third-order valence-electron chi connectivity index (χ3n) is 5.63. The van der Waals surface area contributed by atoms with Gasteiger partial charge in [-0.2, -0.15) is 0 Å². The number of anilines is 1. The number of carbonyl (C=O) groups excluding carboxylic acids is 3. The number of nitrogens with zero attached hydrogens (tertiary/aromatic N) is 2. The smallest absolute Gasteiger partial charge is 0.336 e. The highest BCUT2D eigenvalue weighted by Crippen LogP contribution is 2.51. The summed E-state index contributed by atoms with van der Waals surface area (Å²) in [5, 5.41) is 15.1. The van der Waals surface area contributed by atoms with E-state index in [4.69, 9.17) is 9.47 Å². The summed E-state index contributed by atoms with van der Waals surface area (Å²) in [7, 11) is 0. The number of aryl methyl sites for hydroxylation is 1. The van der Waals surface area contributed by atoms with Crippen molar-refractivity contribution in [2.75, 3.05) is 5.32 Å². The fraction of sp³-hybridized carbons (Fsp3) is 0.381. The van der Waals surface area contributed by atoms with Crippen molar-refractivity contribution in [1.82, 2.24) is 15.5 Å². The number of carbonyl (C=O) groups is 3. The van der Waals surface area contributed by atoms with E-state index in [-0.39, 0.29) is 23.3 Å². The molecule has 2 heterocycles. The summed E-state index contributed by atoms with van der Waals surface area (Å²) in [6, 6.07) is 3.72. The molecule has 1 aromatic heterocycles. The third kappa shape index (κ3) is 4.08. The minimum Gasteiger partial charge on any atom is -0.423 e. The fourth-order valence-electron chi connectivity index (χ4n) is 3.81. The molecule has 2 saturated carbocycles. The second-order valence-corrected chi connectivity index (χ2v) is 9.03. The van der Waals surface area contributed by atoms with Crippen molar-refractivity contribution in [2.24, 2.45) is 0 Å². The van der Waals surface area contributed by atoms with Crippen LogP contribution in [-0.4, -0.2) is 40.1 Å². The molecule has 160 valence electrons. The van der Waals surface area contributed by atoms with E-state index < -0.39 is 17.8 Å². The fourth-order valence-corrected chi connectivity index (χ4v) is 4.40. The highest BCUT2D eigenvalue weighted by molar-refractivity contribution is 7.15. The van der Waals surface area contributed by atoms with Gasteiger partial charge in [0.15, 0.2) is 5.75 Å². The Hall–Kier alpha value is -3.11. The summed E-state index contributed by atoms with van der Waals surface area (Å²) in [6.07, 6.45) is 6.31. The van der Waals surface area contributed by atoms with Gasteiger partial charge in [-0.25, -0.2) is 9.59 Å². The molecule has 1 amide bonds. The van der Waals surface area contributed by atoms with Crippen LogP contribution in [0.3, 0.4) is 0 Å². The molecular weight excluding hydrogens is 420 g/mol. The molecular formula is C21H20N4O5S. The van der Waals surface area contributed by atoms with Crippen LogP contribution in [0.15, 0.2) is 24.3 Å². The molecule has 2 atom stereocenters. The molecule has 3 aliphatic rings. The van der Waals surface area contributed by atoms with Crippen molar-refractivity contribution >= 4 is 34.3 Å². The molecule has 31 heavy (non-hydrogen) atoms. The lowest BCUT2D eigenvalue weighted by Crippen LogP contribution is -2.37. The minimum absolute atomic E-state index is 0.0270. The summed E-state index contributed by atoms with van der Waals surface area (Å²) in [4.78, 5) is 37.4. The molecule has 2 aliphatic carbocycles. The monoisotopic (exact) mass is 440 g/mol. The number of hydrogen-bond acceptors (Lipinski definition) is 9. The van der Waals surface area contributed by atoms with Crippen LogP contribution in [0.25, 0.3) is 0 Å². The third-order valence-corrected chi connectivity index (χ3v) is 6.39. The van der Waals surface area contributed by atoms with Gasteiger partial charge in [-0.05, 0) is 38.3 Å². The van der Waals surface area contributed by atoms with E-state index in [2.05, 4.69) is 20.8 Å². The number of esters is 2. The topological polar surface area (TPSA) is 120 Å². The zero-order valence-corrected chi connectivity index (χ0v) is 17.5. The van der Waals surface area contributed by atoms with E-state index in [1.54, 1.807) is 13.0 Å². The molecule has 9 nitrogen and oxygen atoms in total. The second kappa shape index (κ2) is 7.86. The quantitative estimate of drug-likeness (QED) is 0.538. The molecule has 2 fully saturated rings. The molecule has 2 bridgehead atoms. The van der Waals surface area contributed by atoms with Crippen molar-refractivity contribution in [2.45, 2.75) is 50.6 Å². The van der Waals surface area contributed by atoms with Crippen molar-refractivity contribution in [3.8, 4) is 11.5 Å². The molecule has 10 heteroatoms. The van der Waals surface area contributed by atoms with Gasteiger partial charge in [-0.1, -0.05) is 17.8 Å². The average molecular weight is 440 g/mol. The summed E-state index contributed by atoms with van der Waals surface area (Å²) in [6.45, 7) is 1.78. The highest BCUT2D eigenvalue weighted by Gasteiger charge is 2.45. The number of hydrogen-bond donors (Lipinski definition) is 2. The van der Waals surface area contributed by atoms with Crippen LogP contribution in [0, 0.1) is 6.92 Å². The van der Waals surface area contributed by atoms with Crippen molar-refractivity contribution in [3.05, 3.63) is 40.4 Å². The van der Waals surface area contributed by atoms with Gasteiger partial charge in [0.1, 0.15) is 10.8 Å². The molecule has 1 aliphatic heterocycles. The number of fused-ring (bicyclic) bond motifs is 2. The van der Waals surface area contributed by atoms with E-state index in [9.17, 15) is 14.4 Å². The Balaban J connectivity index is 1.52. The SMILES string of the molecule is Cc1nnc(NC(=O)c2ccc3c([C@@H]4C[C@H]4NC4CCC4)c2OC(=O)/C=C/C(=O)O3)s1. The predicted molar refractivity (Wildman–Crippen MR) is 111 cm³/mol. The van der Waals surface area contributed by atoms with Crippen LogP contribution in [0.1, 0.15) is 52.5 Å². The van der Waals surface area contributed by atoms with Crippen molar-refractivity contribution < 1.29 is 23.9 Å². The van der Waals surface area contributed by atoms with Crippen molar-refractivity contribution in [1.29, 1.82) is 0 Å². The molecule has 1 aromatic carbocycles. The van der Waals surface area contributed by atoms with Crippen LogP contribution in [0.4, 0.5) is 5.13 Å². The first-order chi connectivity index (χ1) is 15.0. The lowest BCUT2D eigenvalue weighted by atomic mass is 9.93. The Labute approximate surface area is 181 Å². The van der Waals surface area contributed by atoms with Gasteiger partial charge in [-0.15, -0.1) is 10.2 Å². The molecule has 0 spiro atoms. The summed E-state index contributed by atoms with van der Waals surface area (Å²) < 4.78 is 11.0. The number of rotatable bonds is 5. The normalized spacial score (nSPS) is 23.5. The first-order valence-electron chi connectivity index (χ1n) is 10.1. The van der Waals surface area contributed by atoms with Gasteiger partial charge < -0.3 is 14.8 Å². The molecule has 2 N–H and O–H groups in total. The molecule has 5 rings (SSSR count). The minimum atomic E-state index is -0.748. The van der Waals surface area contributed by atoms with Gasteiger partial charge in [0.2, 0.25) is 5.13 Å². The first-order valence-corrected chi connectivity index (χ1v) is 11.0. The molecule has 0 unspecified atom stereocenters. The Morgan fingerprint density at radius 1 is 1.13 bits per heavy atom. The lowest BCUT2D eigenvalue weighted by molar-refractivity contribution is -0.131. The van der Waals surface area contributed by atoms with E-state index in [1.165, 1.54) is 23.8 Å². The van der Waals surface area contributed by atoms with Gasteiger partial charge in [0.05, 0.1) is 5.56 Å². The highest BCUT2D eigenvalue weighted by atomic mass is 32.1. The van der Waals surface area contributed by atoms with Gasteiger partial charge in [-0.3, -0.25) is 10.1 Å². The first kappa shape index (κ1) is 19.8. The molecule has 2 aromatic rings. The predicted octanol–water partition coefficient (Wildman–Crippen LogP) is 2.48. The molecule has 0 saturated heterocycles. The largest absolute Gasteiger partial charge is 0.423 e. The zero-order valence-electron chi connectivity index (χ0n) is 16.7. The van der Waals surface area contributed by atoms with Crippen LogP contribution in [0.5, 0.6) is 11.5 Å². The standard InChI is InChI=1S/C21H20N4O5S/c1-10-24-25-21(31-10)23-20(28)12-5-6-15-18(13-9-14(13)22-11-3-2-4-11)19(12)30-17(27)8-7-16(26)29-15/h5-8,11,13-14,22H,2-4,9H2,1H3,(H,23,25,28)/b8-7+/t13-,14-/m1/s1. The van der Waals surface area contributed by atoms with Gasteiger partial charge >= 0.3 is 11.9 Å². The summed E-state index contributed by atoms with van der Waals surface area (Å²) in [5.74, 6) is -1.51. The van der Waals surface area contributed by atoms with E-state index >= 15 is 0 Å². The Bertz CT molecular complexity index is 1110. The number of benzene rings is 1. The maximum absolute atomic E-state index is 13.0. The Kier molecular flexibility index (Phi) is 5.03. The Morgan fingerprint density at radius 2 is 1.90 bits per heavy atom. The zero-order chi connectivity index (χ0) is 21.5. The summed E-state index contributed by atoms with van der Waals surface area (Å²) in [5.41, 5.74) is 0.726. The lowest BCUT2D eigenvalue weighted by Gasteiger charge is -2.27. The van der Waals surface area contributed by atoms with Crippen LogP contribution < -0.4 is 20.1 Å². The maximum Gasteiger partial charge on any atom is 0.336 e. The van der Waals surface area contributed by atoms with Gasteiger partial charge in [0, 0.05) is 35.7 Å². The number of aromatic nitrogens is 2. The van der Waals surface area contributed by atoms with E-state index in [0.29, 0.717) is 27.5 Å². The summed E-state index contributed by atoms with van der Waals surface area (Å²) >= 11 is 1.24. The maximum atomic E-state index is 13.0. The van der Waals surface area contributed by atoms with E-state index in [1.807, 2.05) is 0 Å². The van der Waals surface area contributed by atoms with Crippen LogP contribution >= 0.6 is 11.3 Å².